The van der Waals surface area contributed by atoms with E-state index in [9.17, 15) is 18.0 Å². The Labute approximate surface area is 193 Å². The summed E-state index contributed by atoms with van der Waals surface area (Å²) < 4.78 is 31.7. The summed E-state index contributed by atoms with van der Waals surface area (Å²) >= 11 is 0. The minimum atomic E-state index is -5.08. The molecule has 4 N–H and O–H groups in total. The van der Waals surface area contributed by atoms with Crippen molar-refractivity contribution >= 4 is 39.8 Å². The van der Waals surface area contributed by atoms with E-state index < -0.39 is 12.1 Å². The highest BCUT2D eigenvalue weighted by Crippen LogP contribution is 2.21. The van der Waals surface area contributed by atoms with Crippen LogP contribution in [0.4, 0.5) is 30.2 Å². The van der Waals surface area contributed by atoms with Crippen LogP contribution in [0.25, 0.3) is 10.9 Å². The maximum Gasteiger partial charge on any atom is 0.490 e. The first kappa shape index (κ1) is 24.4. The largest absolute Gasteiger partial charge is 0.490 e. The number of H-pyrrole nitrogens is 1. The maximum atomic E-state index is 12.3. The highest BCUT2D eigenvalue weighted by atomic mass is 19.4. The van der Waals surface area contributed by atoms with Crippen molar-refractivity contribution in [1.82, 2.24) is 4.98 Å². The fourth-order valence-electron chi connectivity index (χ4n) is 3.14. The molecule has 0 radical (unpaired) electrons. The van der Waals surface area contributed by atoms with Gasteiger partial charge in [0.2, 0.25) is 5.91 Å². The molecule has 4 aromatic rings. The Bertz CT molecular complexity index is 1240. The number of carbonyl (C=O) groups is 2. The van der Waals surface area contributed by atoms with Crippen LogP contribution in [0, 0.1) is 0 Å². The Morgan fingerprint density at radius 1 is 0.824 bits per heavy atom. The van der Waals surface area contributed by atoms with Gasteiger partial charge < -0.3 is 20.7 Å². The molecule has 1 amide bonds. The molecule has 0 aliphatic rings. The number of alkyl halides is 3. The number of carboxylic acid groups (broad SMARTS) is 1. The minimum Gasteiger partial charge on any atom is -0.475 e. The Hall–Kier alpha value is -4.27. The third-order valence-corrected chi connectivity index (χ3v) is 4.77. The van der Waals surface area contributed by atoms with Crippen molar-refractivity contribution in [2.24, 2.45) is 0 Å². The molecule has 0 saturated heterocycles. The normalized spacial score (nSPS) is 10.8. The molecule has 0 aliphatic carbocycles. The van der Waals surface area contributed by atoms with Crippen LogP contribution >= 0.6 is 0 Å². The lowest BCUT2D eigenvalue weighted by molar-refractivity contribution is -0.192. The fourth-order valence-corrected chi connectivity index (χ4v) is 3.14. The summed E-state index contributed by atoms with van der Waals surface area (Å²) in [5, 5.41) is 14.6. The second-order valence-electron chi connectivity index (χ2n) is 7.28. The molecular formula is C25H22F3N3O3. The number of fused-ring (bicyclic) bond motifs is 1. The highest BCUT2D eigenvalue weighted by molar-refractivity contribution is 5.91. The number of hydrogen-bond donors (Lipinski definition) is 4. The highest BCUT2D eigenvalue weighted by Gasteiger charge is 2.38. The number of rotatable bonds is 6. The molecule has 0 saturated carbocycles. The van der Waals surface area contributed by atoms with Crippen molar-refractivity contribution < 1.29 is 27.9 Å². The Balaban J connectivity index is 0.000000406. The molecule has 1 heterocycles. The molecule has 9 heteroatoms. The lowest BCUT2D eigenvalue weighted by atomic mass is 10.1. The third kappa shape index (κ3) is 7.13. The summed E-state index contributed by atoms with van der Waals surface area (Å²) in [7, 11) is 0. The van der Waals surface area contributed by atoms with Crippen molar-refractivity contribution in [3.63, 3.8) is 0 Å². The molecule has 0 bridgehead atoms. The van der Waals surface area contributed by atoms with Gasteiger partial charge in [0.1, 0.15) is 0 Å². The first-order valence-electron chi connectivity index (χ1n) is 10.3. The number of para-hydroxylation sites is 2. The number of halogens is 3. The first-order valence-corrected chi connectivity index (χ1v) is 10.3. The average molecular weight is 469 g/mol. The number of aliphatic carboxylic acids is 1. The number of carboxylic acids is 1. The Morgan fingerprint density at radius 3 is 2.03 bits per heavy atom. The topological polar surface area (TPSA) is 94.2 Å². The van der Waals surface area contributed by atoms with E-state index in [-0.39, 0.29) is 5.91 Å². The molecule has 176 valence electrons. The molecule has 0 spiro atoms. The van der Waals surface area contributed by atoms with Crippen LogP contribution in [0.5, 0.6) is 0 Å². The fraction of sp³-hybridized carbons (Fsp3) is 0.120. The number of nitrogens with one attached hydrogen (secondary N) is 3. The van der Waals surface area contributed by atoms with E-state index in [1.54, 1.807) is 0 Å². The van der Waals surface area contributed by atoms with Crippen LogP contribution in [0.15, 0.2) is 85.1 Å². The molecule has 1 aromatic heterocycles. The van der Waals surface area contributed by atoms with Crippen molar-refractivity contribution in [2.75, 3.05) is 10.6 Å². The summed E-state index contributed by atoms with van der Waals surface area (Å²) in [6, 6.07) is 25.9. The second kappa shape index (κ2) is 11.0. The van der Waals surface area contributed by atoms with Crippen LogP contribution in [0.1, 0.15) is 12.0 Å². The average Bonchev–Trinajstić information content (AvgIpc) is 3.23. The van der Waals surface area contributed by atoms with Crippen molar-refractivity contribution in [3.05, 3.63) is 90.6 Å². The van der Waals surface area contributed by atoms with Gasteiger partial charge in [-0.25, -0.2) is 4.79 Å². The molecule has 0 atom stereocenters. The van der Waals surface area contributed by atoms with Gasteiger partial charge in [0.05, 0.1) is 0 Å². The van der Waals surface area contributed by atoms with Crippen molar-refractivity contribution in [3.8, 4) is 0 Å². The number of anilines is 3. The zero-order chi connectivity index (χ0) is 24.6. The number of aromatic amines is 1. The SMILES string of the molecule is O=C(CCc1c[nH]c2ccccc12)Nc1ccc(Nc2ccccc2)cc1.O=C(O)C(F)(F)F. The summed E-state index contributed by atoms with van der Waals surface area (Å²) in [6.45, 7) is 0. The molecule has 3 aromatic carbocycles. The van der Waals surface area contributed by atoms with Gasteiger partial charge >= 0.3 is 12.1 Å². The zero-order valence-corrected chi connectivity index (χ0v) is 17.9. The summed E-state index contributed by atoms with van der Waals surface area (Å²) in [4.78, 5) is 24.4. The monoisotopic (exact) mass is 469 g/mol. The number of aryl methyl sites for hydroxylation is 1. The van der Waals surface area contributed by atoms with Gasteiger partial charge in [-0.15, -0.1) is 0 Å². The van der Waals surface area contributed by atoms with Gasteiger partial charge in [-0.3, -0.25) is 4.79 Å². The lowest BCUT2D eigenvalue weighted by Crippen LogP contribution is -2.21. The number of hydrogen-bond acceptors (Lipinski definition) is 3. The minimum absolute atomic E-state index is 0.0176. The van der Waals surface area contributed by atoms with E-state index in [1.807, 2.05) is 79.0 Å². The van der Waals surface area contributed by atoms with Gasteiger partial charge in [0, 0.05) is 40.6 Å². The van der Waals surface area contributed by atoms with Crippen molar-refractivity contribution in [1.29, 1.82) is 0 Å². The molecule has 4 rings (SSSR count). The molecule has 0 aliphatic heterocycles. The predicted molar refractivity (Wildman–Crippen MR) is 125 cm³/mol. The van der Waals surface area contributed by atoms with Gasteiger partial charge in [0.25, 0.3) is 0 Å². The number of amides is 1. The van der Waals surface area contributed by atoms with Gasteiger partial charge in [-0.05, 0) is 54.4 Å². The van der Waals surface area contributed by atoms with Gasteiger partial charge in [-0.1, -0.05) is 36.4 Å². The van der Waals surface area contributed by atoms with Crippen LogP contribution in [0.2, 0.25) is 0 Å². The first-order chi connectivity index (χ1) is 16.2. The van der Waals surface area contributed by atoms with E-state index in [4.69, 9.17) is 9.90 Å². The van der Waals surface area contributed by atoms with Crippen LogP contribution in [0.3, 0.4) is 0 Å². The van der Waals surface area contributed by atoms with Gasteiger partial charge in [-0.2, -0.15) is 13.2 Å². The Morgan fingerprint density at radius 2 is 1.38 bits per heavy atom. The smallest absolute Gasteiger partial charge is 0.475 e. The summed E-state index contributed by atoms with van der Waals surface area (Å²) in [6.07, 6.45) is -1.93. The van der Waals surface area contributed by atoms with Gasteiger partial charge in [0.15, 0.2) is 0 Å². The molecule has 34 heavy (non-hydrogen) atoms. The zero-order valence-electron chi connectivity index (χ0n) is 17.9. The summed E-state index contributed by atoms with van der Waals surface area (Å²) in [5.74, 6) is -2.74. The van der Waals surface area contributed by atoms with E-state index in [0.717, 1.165) is 22.6 Å². The summed E-state index contributed by atoms with van der Waals surface area (Å²) in [5.41, 5.74) is 5.10. The molecule has 0 fully saturated rings. The number of carbonyl (C=O) groups excluding carboxylic acids is 1. The quantitative estimate of drug-likeness (QED) is 0.274. The van der Waals surface area contributed by atoms with E-state index in [2.05, 4.69) is 21.7 Å². The van der Waals surface area contributed by atoms with Crippen LogP contribution < -0.4 is 10.6 Å². The number of aromatic nitrogens is 1. The van der Waals surface area contributed by atoms with E-state index in [1.165, 1.54) is 10.9 Å². The number of benzene rings is 3. The standard InChI is InChI=1S/C23H21N3O.C2HF3O2/c27-23(15-10-17-16-24-22-9-5-4-8-21(17)22)26-20-13-11-19(12-14-20)25-18-6-2-1-3-7-18;3-2(4,5)1(6)7/h1-9,11-14,16,24-25H,10,15H2,(H,26,27);(H,6,7). The lowest BCUT2D eigenvalue weighted by Gasteiger charge is -2.08. The van der Waals surface area contributed by atoms with E-state index >= 15 is 0 Å². The molecule has 6 nitrogen and oxygen atoms in total. The Kier molecular flexibility index (Phi) is 7.92. The molecular weight excluding hydrogens is 447 g/mol. The second-order valence-corrected chi connectivity index (χ2v) is 7.28. The van der Waals surface area contributed by atoms with Crippen LogP contribution in [-0.2, 0) is 16.0 Å². The molecule has 0 unspecified atom stereocenters. The van der Waals surface area contributed by atoms with E-state index in [0.29, 0.717) is 12.8 Å². The predicted octanol–water partition coefficient (Wildman–Crippen LogP) is 6.12. The van der Waals surface area contributed by atoms with Crippen molar-refractivity contribution in [2.45, 2.75) is 19.0 Å². The van der Waals surface area contributed by atoms with Crippen LogP contribution in [-0.4, -0.2) is 28.1 Å². The third-order valence-electron chi connectivity index (χ3n) is 4.77. The maximum absolute atomic E-state index is 12.3.